The Morgan fingerprint density at radius 1 is 1.29 bits per heavy atom. The molecule has 1 aliphatic rings. The summed E-state index contributed by atoms with van der Waals surface area (Å²) in [6, 6.07) is 2.28. The van der Waals surface area contributed by atoms with E-state index in [0.717, 1.165) is 42.0 Å². The third kappa shape index (κ3) is 2.54. The number of nitrogens with one attached hydrogen (secondary N) is 1. The van der Waals surface area contributed by atoms with Gasteiger partial charge in [0.2, 0.25) is 0 Å². The summed E-state index contributed by atoms with van der Waals surface area (Å²) in [6.45, 7) is 6.26. The van der Waals surface area contributed by atoms with Gasteiger partial charge in [0.25, 0.3) is 0 Å². The van der Waals surface area contributed by atoms with Crippen LogP contribution in [0.4, 0.5) is 5.82 Å². The summed E-state index contributed by atoms with van der Waals surface area (Å²) >= 11 is 0. The molecule has 0 aromatic carbocycles. The first kappa shape index (κ1) is 15.1. The summed E-state index contributed by atoms with van der Waals surface area (Å²) in [6.07, 6.45) is 8.04. The van der Waals surface area contributed by atoms with Crippen molar-refractivity contribution >= 4 is 11.5 Å². The zero-order valence-electron chi connectivity index (χ0n) is 14.1. The molecule has 7 nitrogen and oxygen atoms in total. The van der Waals surface area contributed by atoms with E-state index in [9.17, 15) is 0 Å². The van der Waals surface area contributed by atoms with Gasteiger partial charge in [-0.15, -0.1) is 0 Å². The molecule has 1 atom stereocenters. The van der Waals surface area contributed by atoms with Gasteiger partial charge in [0.05, 0.1) is 18.1 Å². The number of rotatable bonds is 3. The highest BCUT2D eigenvalue weighted by Gasteiger charge is 2.20. The molecule has 0 saturated carbocycles. The average Bonchev–Trinajstić information content (AvgIpc) is 3.22. The highest BCUT2D eigenvalue weighted by molar-refractivity contribution is 5.77. The van der Waals surface area contributed by atoms with Crippen molar-refractivity contribution in [2.45, 2.75) is 38.6 Å². The van der Waals surface area contributed by atoms with Crippen molar-refractivity contribution in [1.29, 1.82) is 0 Å². The molecular weight excluding hydrogens is 302 g/mol. The van der Waals surface area contributed by atoms with E-state index in [4.69, 9.17) is 10.7 Å². The van der Waals surface area contributed by atoms with Crippen LogP contribution in [-0.4, -0.2) is 37.5 Å². The SMILES string of the molecule is CC(C)n1cc(-c2cnn3c(N)cc(C4CCCNC4)nc23)cn1. The van der Waals surface area contributed by atoms with E-state index in [2.05, 4.69) is 29.4 Å². The van der Waals surface area contributed by atoms with Crippen LogP contribution < -0.4 is 11.1 Å². The van der Waals surface area contributed by atoms with Crippen LogP contribution in [0.3, 0.4) is 0 Å². The Balaban J connectivity index is 1.79. The number of fused-ring (bicyclic) bond motifs is 1. The molecule has 1 saturated heterocycles. The summed E-state index contributed by atoms with van der Waals surface area (Å²) < 4.78 is 3.65. The van der Waals surface area contributed by atoms with Crippen LogP contribution in [0.15, 0.2) is 24.7 Å². The van der Waals surface area contributed by atoms with Crippen molar-refractivity contribution in [3.05, 3.63) is 30.4 Å². The molecule has 0 spiro atoms. The van der Waals surface area contributed by atoms with Crippen LogP contribution in [-0.2, 0) is 0 Å². The first-order valence-electron chi connectivity index (χ1n) is 8.53. The fourth-order valence-electron chi connectivity index (χ4n) is 3.28. The van der Waals surface area contributed by atoms with Crippen molar-refractivity contribution in [3.63, 3.8) is 0 Å². The lowest BCUT2D eigenvalue weighted by Gasteiger charge is -2.22. The predicted molar refractivity (Wildman–Crippen MR) is 93.9 cm³/mol. The molecule has 7 heteroatoms. The first-order valence-corrected chi connectivity index (χ1v) is 8.53. The van der Waals surface area contributed by atoms with E-state index >= 15 is 0 Å². The predicted octanol–water partition coefficient (Wildman–Crippen LogP) is 2.22. The maximum atomic E-state index is 6.23. The van der Waals surface area contributed by atoms with E-state index < -0.39 is 0 Å². The Hall–Kier alpha value is -2.41. The van der Waals surface area contributed by atoms with Gasteiger partial charge in [-0.1, -0.05) is 0 Å². The Labute approximate surface area is 140 Å². The van der Waals surface area contributed by atoms with Gasteiger partial charge < -0.3 is 11.1 Å². The number of hydrogen-bond donors (Lipinski definition) is 2. The fourth-order valence-corrected chi connectivity index (χ4v) is 3.28. The summed E-state index contributed by atoms with van der Waals surface area (Å²) in [5, 5.41) is 12.3. The van der Waals surface area contributed by atoms with Crippen LogP contribution in [0.25, 0.3) is 16.8 Å². The molecule has 1 aliphatic heterocycles. The molecule has 24 heavy (non-hydrogen) atoms. The zero-order valence-corrected chi connectivity index (χ0v) is 14.1. The molecule has 0 bridgehead atoms. The van der Waals surface area contributed by atoms with Crippen molar-refractivity contribution in [2.24, 2.45) is 0 Å². The molecular formula is C17H23N7. The number of hydrogen-bond acceptors (Lipinski definition) is 5. The van der Waals surface area contributed by atoms with Gasteiger partial charge in [0.1, 0.15) is 5.82 Å². The van der Waals surface area contributed by atoms with Gasteiger partial charge in [-0.05, 0) is 33.2 Å². The molecule has 1 fully saturated rings. The number of nitrogens with two attached hydrogens (primary N) is 1. The van der Waals surface area contributed by atoms with Gasteiger partial charge in [-0.2, -0.15) is 14.7 Å². The Morgan fingerprint density at radius 3 is 2.88 bits per heavy atom. The molecule has 0 radical (unpaired) electrons. The van der Waals surface area contributed by atoms with Crippen molar-refractivity contribution in [1.82, 2.24) is 29.7 Å². The third-order valence-electron chi connectivity index (χ3n) is 4.68. The highest BCUT2D eigenvalue weighted by Crippen LogP contribution is 2.29. The molecule has 126 valence electrons. The Morgan fingerprint density at radius 2 is 2.17 bits per heavy atom. The van der Waals surface area contributed by atoms with E-state index in [1.54, 1.807) is 4.52 Å². The number of aromatic nitrogens is 5. The minimum Gasteiger partial charge on any atom is -0.384 e. The summed E-state index contributed by atoms with van der Waals surface area (Å²) in [5.41, 5.74) is 10.1. The lowest BCUT2D eigenvalue weighted by Crippen LogP contribution is -2.29. The van der Waals surface area contributed by atoms with Crippen LogP contribution in [0.2, 0.25) is 0 Å². The van der Waals surface area contributed by atoms with E-state index in [1.807, 2.05) is 29.3 Å². The van der Waals surface area contributed by atoms with Gasteiger partial charge >= 0.3 is 0 Å². The number of anilines is 1. The normalized spacial score (nSPS) is 18.5. The second kappa shape index (κ2) is 5.90. The molecule has 3 aromatic heterocycles. The summed E-state index contributed by atoms with van der Waals surface area (Å²) in [7, 11) is 0. The smallest absolute Gasteiger partial charge is 0.165 e. The summed E-state index contributed by atoms with van der Waals surface area (Å²) in [4.78, 5) is 4.89. The van der Waals surface area contributed by atoms with Crippen LogP contribution in [0, 0.1) is 0 Å². The average molecular weight is 325 g/mol. The summed E-state index contributed by atoms with van der Waals surface area (Å²) in [5.74, 6) is 1.04. The van der Waals surface area contributed by atoms with Crippen molar-refractivity contribution in [2.75, 3.05) is 18.8 Å². The van der Waals surface area contributed by atoms with Crippen LogP contribution >= 0.6 is 0 Å². The van der Waals surface area contributed by atoms with E-state index in [0.29, 0.717) is 17.8 Å². The molecule has 0 aliphatic carbocycles. The topological polar surface area (TPSA) is 86.1 Å². The Bertz CT molecular complexity index is 855. The second-order valence-electron chi connectivity index (χ2n) is 6.75. The van der Waals surface area contributed by atoms with Gasteiger partial charge in [0, 0.05) is 41.9 Å². The standard InChI is InChI=1S/C17H23N7/c1-11(2)23-10-13(8-20-23)14-9-21-24-16(18)6-15(22-17(14)24)12-4-3-5-19-7-12/h6,8-12,19H,3-5,7,18H2,1-2H3. The van der Waals surface area contributed by atoms with Gasteiger partial charge in [0.15, 0.2) is 5.65 Å². The monoisotopic (exact) mass is 325 g/mol. The maximum absolute atomic E-state index is 6.23. The number of nitrogen functional groups attached to an aromatic ring is 1. The quantitative estimate of drug-likeness (QED) is 0.771. The van der Waals surface area contributed by atoms with Crippen LogP contribution in [0.1, 0.15) is 44.3 Å². The van der Waals surface area contributed by atoms with Gasteiger partial charge in [-0.3, -0.25) is 4.68 Å². The van der Waals surface area contributed by atoms with Crippen molar-refractivity contribution in [3.8, 4) is 11.1 Å². The maximum Gasteiger partial charge on any atom is 0.165 e. The molecule has 3 aromatic rings. The zero-order chi connectivity index (χ0) is 16.7. The molecule has 4 heterocycles. The molecule has 0 amide bonds. The molecule has 1 unspecified atom stereocenters. The first-order chi connectivity index (χ1) is 11.6. The van der Waals surface area contributed by atoms with Crippen molar-refractivity contribution < 1.29 is 0 Å². The minimum absolute atomic E-state index is 0.322. The lowest BCUT2D eigenvalue weighted by molar-refractivity contribution is 0.455. The Kier molecular flexibility index (Phi) is 3.72. The number of piperidine rings is 1. The largest absolute Gasteiger partial charge is 0.384 e. The lowest BCUT2D eigenvalue weighted by atomic mass is 9.96. The van der Waals surface area contributed by atoms with E-state index in [-0.39, 0.29) is 0 Å². The number of nitrogens with zero attached hydrogens (tertiary/aromatic N) is 5. The second-order valence-corrected chi connectivity index (χ2v) is 6.75. The molecule has 3 N–H and O–H groups in total. The third-order valence-corrected chi connectivity index (χ3v) is 4.68. The van der Waals surface area contributed by atoms with Gasteiger partial charge in [-0.25, -0.2) is 4.98 Å². The fraction of sp³-hybridized carbons (Fsp3) is 0.471. The minimum atomic E-state index is 0.322. The van der Waals surface area contributed by atoms with Crippen LogP contribution in [0.5, 0.6) is 0 Å². The highest BCUT2D eigenvalue weighted by atomic mass is 15.3. The van der Waals surface area contributed by atoms with E-state index in [1.165, 1.54) is 6.42 Å². The molecule has 4 rings (SSSR count).